The Morgan fingerprint density at radius 1 is 1.19 bits per heavy atom. The topological polar surface area (TPSA) is 113 Å². The second kappa shape index (κ2) is 7.14. The molecule has 1 aliphatic rings. The standard InChI is InChI=1S/C17H28N4O5S/c1-16(2,3)12-11-13(19-26-12)18-14(22)17(4,5)20(6)15(23)21-7-9-27(24,25)10-8-21/h11H,7-10H2,1-6H3,(H,18,19,22). The van der Waals surface area contributed by atoms with Gasteiger partial charge in [0.1, 0.15) is 11.3 Å². The number of hydrogen-bond donors (Lipinski definition) is 1. The Bertz CT molecular complexity index is 809. The number of amides is 3. The molecule has 2 rings (SSSR count). The quantitative estimate of drug-likeness (QED) is 0.822. The van der Waals surface area contributed by atoms with Crippen LogP contribution in [0, 0.1) is 0 Å². The van der Waals surface area contributed by atoms with Crippen LogP contribution in [0.15, 0.2) is 10.6 Å². The molecular formula is C17H28N4O5S. The van der Waals surface area contributed by atoms with E-state index in [4.69, 9.17) is 4.52 Å². The van der Waals surface area contributed by atoms with Crippen LogP contribution in [0.25, 0.3) is 0 Å². The van der Waals surface area contributed by atoms with Crippen LogP contribution < -0.4 is 5.32 Å². The van der Waals surface area contributed by atoms with Gasteiger partial charge in [-0.15, -0.1) is 0 Å². The lowest BCUT2D eigenvalue weighted by Crippen LogP contribution is -2.58. The molecule has 0 spiro atoms. The molecule has 1 saturated heterocycles. The zero-order chi connectivity index (χ0) is 20.6. The summed E-state index contributed by atoms with van der Waals surface area (Å²) in [5.41, 5.74) is -1.42. The smallest absolute Gasteiger partial charge is 0.320 e. The Balaban J connectivity index is 2.06. The molecule has 1 N–H and O–H groups in total. The van der Waals surface area contributed by atoms with E-state index in [1.54, 1.807) is 19.9 Å². The third kappa shape index (κ3) is 4.79. The monoisotopic (exact) mass is 400 g/mol. The fourth-order valence-corrected chi connectivity index (χ4v) is 3.67. The lowest BCUT2D eigenvalue weighted by molar-refractivity contribution is -0.124. The number of carbonyl (C=O) groups is 2. The third-order valence-electron chi connectivity index (χ3n) is 4.79. The van der Waals surface area contributed by atoms with Crippen LogP contribution in [0.5, 0.6) is 0 Å². The maximum Gasteiger partial charge on any atom is 0.320 e. The predicted molar refractivity (Wildman–Crippen MR) is 101 cm³/mol. The zero-order valence-electron chi connectivity index (χ0n) is 16.7. The second-order valence-electron chi connectivity index (χ2n) is 8.32. The molecule has 2 heterocycles. The summed E-state index contributed by atoms with van der Waals surface area (Å²) in [6.45, 7) is 9.39. The van der Waals surface area contributed by atoms with E-state index in [0.29, 0.717) is 5.76 Å². The molecule has 9 nitrogen and oxygen atoms in total. The van der Waals surface area contributed by atoms with Crippen molar-refractivity contribution in [2.24, 2.45) is 0 Å². The lowest BCUT2D eigenvalue weighted by Gasteiger charge is -2.38. The molecule has 0 unspecified atom stereocenters. The van der Waals surface area contributed by atoms with E-state index in [0.717, 1.165) is 0 Å². The van der Waals surface area contributed by atoms with Crippen LogP contribution in [-0.4, -0.2) is 72.5 Å². The molecule has 10 heteroatoms. The minimum atomic E-state index is -3.09. The number of anilines is 1. The van der Waals surface area contributed by atoms with Gasteiger partial charge in [0.05, 0.1) is 11.5 Å². The van der Waals surface area contributed by atoms with E-state index in [9.17, 15) is 18.0 Å². The molecule has 1 aromatic heterocycles. The lowest BCUT2D eigenvalue weighted by atomic mass is 9.93. The molecule has 0 radical (unpaired) electrons. The van der Waals surface area contributed by atoms with Gasteiger partial charge in [-0.05, 0) is 13.8 Å². The first-order chi connectivity index (χ1) is 12.2. The first-order valence-corrected chi connectivity index (χ1v) is 10.6. The summed E-state index contributed by atoms with van der Waals surface area (Å²) in [7, 11) is -1.57. The van der Waals surface area contributed by atoms with Crippen molar-refractivity contribution in [3.8, 4) is 0 Å². The average Bonchev–Trinajstić information content (AvgIpc) is 3.02. The van der Waals surface area contributed by atoms with E-state index < -0.39 is 21.3 Å². The Hall–Kier alpha value is -2.10. The van der Waals surface area contributed by atoms with Gasteiger partial charge in [-0.2, -0.15) is 0 Å². The van der Waals surface area contributed by atoms with Crippen molar-refractivity contribution >= 4 is 27.6 Å². The number of nitrogens with zero attached hydrogens (tertiary/aromatic N) is 3. The van der Waals surface area contributed by atoms with Crippen LogP contribution in [0.2, 0.25) is 0 Å². The van der Waals surface area contributed by atoms with Gasteiger partial charge in [-0.3, -0.25) is 4.79 Å². The maximum absolute atomic E-state index is 12.7. The number of rotatable bonds is 3. The molecule has 1 fully saturated rings. The summed E-state index contributed by atoms with van der Waals surface area (Å²) >= 11 is 0. The van der Waals surface area contributed by atoms with Gasteiger partial charge >= 0.3 is 6.03 Å². The molecular weight excluding hydrogens is 372 g/mol. The number of aromatic nitrogens is 1. The molecule has 0 saturated carbocycles. The first kappa shape index (κ1) is 21.2. The summed E-state index contributed by atoms with van der Waals surface area (Å²) in [6, 6.07) is 1.27. The highest BCUT2D eigenvalue weighted by atomic mass is 32.2. The van der Waals surface area contributed by atoms with Gasteiger partial charge in [-0.1, -0.05) is 25.9 Å². The van der Waals surface area contributed by atoms with Crippen LogP contribution in [0.3, 0.4) is 0 Å². The van der Waals surface area contributed by atoms with E-state index in [2.05, 4.69) is 10.5 Å². The highest BCUT2D eigenvalue weighted by molar-refractivity contribution is 7.91. The van der Waals surface area contributed by atoms with Crippen LogP contribution >= 0.6 is 0 Å². The number of carbonyl (C=O) groups excluding carboxylic acids is 2. The van der Waals surface area contributed by atoms with Crippen molar-refractivity contribution < 1.29 is 22.5 Å². The summed E-state index contributed by atoms with van der Waals surface area (Å²) in [5.74, 6) is 0.371. The van der Waals surface area contributed by atoms with Gasteiger partial charge in [0.2, 0.25) is 0 Å². The second-order valence-corrected chi connectivity index (χ2v) is 10.6. The van der Waals surface area contributed by atoms with Gasteiger partial charge in [-0.25, -0.2) is 13.2 Å². The number of sulfone groups is 1. The molecule has 0 bridgehead atoms. The Labute approximate surface area is 160 Å². The maximum atomic E-state index is 12.7. The van der Waals surface area contributed by atoms with Gasteiger partial charge < -0.3 is 19.6 Å². The highest BCUT2D eigenvalue weighted by Crippen LogP contribution is 2.25. The third-order valence-corrected chi connectivity index (χ3v) is 6.40. The summed E-state index contributed by atoms with van der Waals surface area (Å²) < 4.78 is 28.3. The van der Waals surface area contributed by atoms with Crippen molar-refractivity contribution in [3.63, 3.8) is 0 Å². The van der Waals surface area contributed by atoms with Crippen molar-refractivity contribution in [3.05, 3.63) is 11.8 Å². The average molecular weight is 401 g/mol. The van der Waals surface area contributed by atoms with Crippen LogP contribution in [0.1, 0.15) is 40.4 Å². The molecule has 3 amide bonds. The number of urea groups is 1. The molecule has 27 heavy (non-hydrogen) atoms. The number of nitrogens with one attached hydrogen (secondary N) is 1. The minimum absolute atomic E-state index is 0.0618. The largest absolute Gasteiger partial charge is 0.359 e. The van der Waals surface area contributed by atoms with Crippen LogP contribution in [-0.2, 0) is 20.0 Å². The Morgan fingerprint density at radius 2 is 1.74 bits per heavy atom. The van der Waals surface area contributed by atoms with E-state index in [-0.39, 0.29) is 41.9 Å². The zero-order valence-corrected chi connectivity index (χ0v) is 17.5. The minimum Gasteiger partial charge on any atom is -0.359 e. The molecule has 1 aromatic rings. The molecule has 0 aliphatic carbocycles. The Morgan fingerprint density at radius 3 is 2.22 bits per heavy atom. The van der Waals surface area contributed by atoms with Gasteiger partial charge in [0.25, 0.3) is 5.91 Å². The first-order valence-electron chi connectivity index (χ1n) is 8.76. The van der Waals surface area contributed by atoms with Crippen molar-refractivity contribution in [2.45, 2.75) is 45.6 Å². The summed E-state index contributed by atoms with van der Waals surface area (Å²) in [4.78, 5) is 28.2. The van der Waals surface area contributed by atoms with Gasteiger partial charge in [0, 0.05) is 31.6 Å². The summed E-state index contributed by atoms with van der Waals surface area (Å²) in [5, 5.41) is 6.53. The van der Waals surface area contributed by atoms with E-state index in [1.807, 2.05) is 20.8 Å². The molecule has 0 aromatic carbocycles. The highest BCUT2D eigenvalue weighted by Gasteiger charge is 2.39. The van der Waals surface area contributed by atoms with E-state index in [1.165, 1.54) is 16.8 Å². The van der Waals surface area contributed by atoms with Crippen molar-refractivity contribution in [1.82, 2.24) is 15.0 Å². The Kier molecular flexibility index (Phi) is 5.61. The fourth-order valence-electron chi connectivity index (χ4n) is 2.46. The molecule has 0 atom stereocenters. The SMILES string of the molecule is CN(C(=O)N1CCS(=O)(=O)CC1)C(C)(C)C(=O)Nc1cc(C(C)(C)C)on1. The molecule has 152 valence electrons. The van der Waals surface area contributed by atoms with E-state index >= 15 is 0 Å². The van der Waals surface area contributed by atoms with Gasteiger partial charge in [0.15, 0.2) is 15.7 Å². The number of hydrogen-bond acceptors (Lipinski definition) is 6. The normalized spacial score (nSPS) is 17.5. The molecule has 1 aliphatic heterocycles. The summed E-state index contributed by atoms with van der Waals surface area (Å²) in [6.07, 6.45) is 0. The number of likely N-dealkylation sites (N-methyl/N-ethyl adjacent to an activating group) is 1. The fraction of sp³-hybridized carbons (Fsp3) is 0.706. The van der Waals surface area contributed by atoms with Crippen molar-refractivity contribution in [2.75, 3.05) is 37.0 Å². The van der Waals surface area contributed by atoms with Crippen LogP contribution in [0.4, 0.5) is 10.6 Å². The predicted octanol–water partition coefficient (Wildman–Crippen LogP) is 1.47. The van der Waals surface area contributed by atoms with Crippen molar-refractivity contribution in [1.29, 1.82) is 0 Å².